The van der Waals surface area contributed by atoms with Gasteiger partial charge in [0.15, 0.2) is 0 Å². The molecule has 0 saturated heterocycles. The summed E-state index contributed by atoms with van der Waals surface area (Å²) in [5.41, 5.74) is 3.04. The monoisotopic (exact) mass is 406 g/mol. The first kappa shape index (κ1) is 15.0. The van der Waals surface area contributed by atoms with Crippen LogP contribution in [0.2, 0.25) is 0 Å². The Balaban J connectivity index is 2.08. The molecule has 0 radical (unpaired) electrons. The minimum Gasteiger partial charge on any atom is -0.206 e. The van der Waals surface area contributed by atoms with Crippen molar-refractivity contribution in [2.45, 2.75) is 13.8 Å². The minimum atomic E-state index is -0.373. The topological polar surface area (TPSA) is 51.6 Å². The molecular formula is C16H12FIN4. The highest BCUT2D eigenvalue weighted by Crippen LogP contribution is 2.26. The predicted molar refractivity (Wildman–Crippen MR) is 90.6 cm³/mol. The first-order valence-corrected chi connectivity index (χ1v) is 7.74. The number of hydrogen-bond donors (Lipinski definition) is 0. The predicted octanol–water partition coefficient (Wildman–Crippen LogP) is 3.96. The van der Waals surface area contributed by atoms with E-state index in [1.807, 2.05) is 25.1 Å². The van der Waals surface area contributed by atoms with E-state index in [4.69, 9.17) is 0 Å². The van der Waals surface area contributed by atoms with Crippen LogP contribution in [-0.4, -0.2) is 20.4 Å². The highest BCUT2D eigenvalue weighted by atomic mass is 127. The summed E-state index contributed by atoms with van der Waals surface area (Å²) >= 11 is 2.22. The minimum absolute atomic E-state index is 0.197. The Morgan fingerprint density at radius 3 is 1.82 bits per heavy atom. The molecule has 0 aliphatic heterocycles. The van der Waals surface area contributed by atoms with Crippen molar-refractivity contribution in [2.75, 3.05) is 0 Å². The van der Waals surface area contributed by atoms with Crippen molar-refractivity contribution in [3.63, 3.8) is 0 Å². The van der Waals surface area contributed by atoms with Gasteiger partial charge < -0.3 is 0 Å². The second-order valence-corrected chi connectivity index (χ2v) is 6.07. The third-order valence-corrected chi connectivity index (χ3v) is 4.27. The Bertz CT molecular complexity index is 723. The number of nitrogens with zero attached hydrogens (tertiary/aromatic N) is 4. The SMILES string of the molecule is Cc1cccc(F)c1-c1nnc(-c2c(C)cccc2I)nn1. The second kappa shape index (κ2) is 6.04. The van der Waals surface area contributed by atoms with Gasteiger partial charge in [0, 0.05) is 9.13 Å². The van der Waals surface area contributed by atoms with Crippen LogP contribution in [0.1, 0.15) is 11.1 Å². The highest BCUT2D eigenvalue weighted by molar-refractivity contribution is 14.1. The Morgan fingerprint density at radius 2 is 1.27 bits per heavy atom. The number of benzene rings is 2. The average molecular weight is 406 g/mol. The number of rotatable bonds is 2. The van der Waals surface area contributed by atoms with Crippen LogP contribution in [0.15, 0.2) is 36.4 Å². The first-order valence-electron chi connectivity index (χ1n) is 6.66. The van der Waals surface area contributed by atoms with Crippen LogP contribution in [0.5, 0.6) is 0 Å². The van der Waals surface area contributed by atoms with Gasteiger partial charge in [-0.1, -0.05) is 24.3 Å². The van der Waals surface area contributed by atoms with Gasteiger partial charge >= 0.3 is 0 Å². The van der Waals surface area contributed by atoms with Gasteiger partial charge in [0.1, 0.15) is 5.82 Å². The van der Waals surface area contributed by atoms with Gasteiger partial charge in [0.25, 0.3) is 0 Å². The van der Waals surface area contributed by atoms with Crippen molar-refractivity contribution in [1.29, 1.82) is 0 Å². The molecule has 1 aromatic heterocycles. The molecule has 0 N–H and O–H groups in total. The van der Waals surface area contributed by atoms with Gasteiger partial charge in [-0.3, -0.25) is 0 Å². The molecule has 0 aliphatic carbocycles. The van der Waals surface area contributed by atoms with Crippen LogP contribution in [0.3, 0.4) is 0 Å². The molecule has 0 aliphatic rings. The number of aromatic nitrogens is 4. The van der Waals surface area contributed by atoms with E-state index in [9.17, 15) is 4.39 Å². The van der Waals surface area contributed by atoms with Crippen LogP contribution in [0, 0.1) is 23.2 Å². The zero-order chi connectivity index (χ0) is 15.7. The van der Waals surface area contributed by atoms with Crippen molar-refractivity contribution < 1.29 is 4.39 Å². The smallest absolute Gasteiger partial charge is 0.206 e. The van der Waals surface area contributed by atoms with E-state index in [-0.39, 0.29) is 11.6 Å². The van der Waals surface area contributed by atoms with E-state index >= 15 is 0 Å². The molecular weight excluding hydrogens is 394 g/mol. The Hall–Kier alpha value is -1.96. The molecule has 0 unspecified atom stereocenters. The average Bonchev–Trinajstić information content (AvgIpc) is 2.48. The van der Waals surface area contributed by atoms with E-state index in [1.165, 1.54) is 6.07 Å². The van der Waals surface area contributed by atoms with Gasteiger partial charge in [-0.15, -0.1) is 20.4 Å². The maximum atomic E-state index is 14.0. The van der Waals surface area contributed by atoms with Gasteiger partial charge in [-0.05, 0) is 59.7 Å². The molecule has 0 saturated carbocycles. The molecule has 0 bridgehead atoms. The molecule has 1 heterocycles. The summed E-state index contributed by atoms with van der Waals surface area (Å²) in [5, 5.41) is 16.4. The first-order chi connectivity index (χ1) is 10.6. The molecule has 4 nitrogen and oxygen atoms in total. The van der Waals surface area contributed by atoms with E-state index in [2.05, 4.69) is 43.0 Å². The molecule has 0 spiro atoms. The van der Waals surface area contributed by atoms with Crippen LogP contribution in [-0.2, 0) is 0 Å². The normalized spacial score (nSPS) is 10.7. The fourth-order valence-electron chi connectivity index (χ4n) is 2.26. The van der Waals surface area contributed by atoms with Gasteiger partial charge in [0.2, 0.25) is 11.6 Å². The molecule has 3 rings (SSSR count). The summed E-state index contributed by atoms with van der Waals surface area (Å²) in [6.07, 6.45) is 0. The molecule has 0 fully saturated rings. The Kier molecular flexibility index (Phi) is 4.10. The van der Waals surface area contributed by atoms with Crippen molar-refractivity contribution in [1.82, 2.24) is 20.4 Å². The summed E-state index contributed by atoms with van der Waals surface area (Å²) in [5.74, 6) is 0.269. The molecule has 2 aromatic carbocycles. The number of halogens is 2. The largest absolute Gasteiger partial charge is 0.206 e. The van der Waals surface area contributed by atoms with Crippen molar-refractivity contribution in [3.8, 4) is 22.8 Å². The summed E-state index contributed by atoms with van der Waals surface area (Å²) in [6.45, 7) is 3.79. The molecule has 22 heavy (non-hydrogen) atoms. The molecule has 110 valence electrons. The Labute approximate surface area is 141 Å². The fourth-order valence-corrected chi connectivity index (χ4v) is 3.13. The lowest BCUT2D eigenvalue weighted by atomic mass is 10.1. The van der Waals surface area contributed by atoms with Crippen LogP contribution < -0.4 is 0 Å². The number of hydrogen-bond acceptors (Lipinski definition) is 4. The van der Waals surface area contributed by atoms with Gasteiger partial charge in [-0.25, -0.2) is 4.39 Å². The lowest BCUT2D eigenvalue weighted by Gasteiger charge is -2.07. The molecule has 6 heteroatoms. The van der Waals surface area contributed by atoms with Crippen LogP contribution in [0.25, 0.3) is 22.8 Å². The highest BCUT2D eigenvalue weighted by Gasteiger charge is 2.15. The fraction of sp³-hybridized carbons (Fsp3) is 0.125. The van der Waals surface area contributed by atoms with E-state index < -0.39 is 0 Å². The molecule has 3 aromatic rings. The lowest BCUT2D eigenvalue weighted by molar-refractivity contribution is 0.627. The maximum Gasteiger partial charge on any atom is 0.206 e. The lowest BCUT2D eigenvalue weighted by Crippen LogP contribution is -2.03. The summed E-state index contributed by atoms with van der Waals surface area (Å²) in [7, 11) is 0. The zero-order valence-electron chi connectivity index (χ0n) is 12.0. The van der Waals surface area contributed by atoms with Crippen LogP contribution >= 0.6 is 22.6 Å². The van der Waals surface area contributed by atoms with Crippen molar-refractivity contribution in [3.05, 3.63) is 56.9 Å². The standard InChI is InChI=1S/C16H12FIN4/c1-9-5-3-7-11(17)13(9)15-19-21-16(22-20-15)14-10(2)6-4-8-12(14)18/h3-8H,1-2H3. The molecule has 0 atom stereocenters. The second-order valence-electron chi connectivity index (χ2n) is 4.91. The van der Waals surface area contributed by atoms with E-state index in [0.29, 0.717) is 11.4 Å². The quantitative estimate of drug-likeness (QED) is 0.605. The van der Waals surface area contributed by atoms with Crippen molar-refractivity contribution in [2.24, 2.45) is 0 Å². The number of aryl methyl sites for hydroxylation is 2. The third kappa shape index (κ3) is 2.70. The maximum absolute atomic E-state index is 14.0. The summed E-state index contributed by atoms with van der Waals surface area (Å²) < 4.78 is 15.0. The zero-order valence-corrected chi connectivity index (χ0v) is 14.2. The van der Waals surface area contributed by atoms with Gasteiger partial charge in [0.05, 0.1) is 5.56 Å². The third-order valence-electron chi connectivity index (χ3n) is 3.37. The Morgan fingerprint density at radius 1 is 0.773 bits per heavy atom. The van der Waals surface area contributed by atoms with Crippen LogP contribution in [0.4, 0.5) is 4.39 Å². The van der Waals surface area contributed by atoms with E-state index in [1.54, 1.807) is 19.1 Å². The van der Waals surface area contributed by atoms with Gasteiger partial charge in [-0.2, -0.15) is 0 Å². The summed E-state index contributed by atoms with van der Waals surface area (Å²) in [4.78, 5) is 0. The summed E-state index contributed by atoms with van der Waals surface area (Å²) in [6, 6.07) is 10.8. The molecule has 0 amide bonds. The van der Waals surface area contributed by atoms with Crippen molar-refractivity contribution >= 4 is 22.6 Å². The van der Waals surface area contributed by atoms with E-state index in [0.717, 1.165) is 20.3 Å².